The minimum Gasteiger partial charge on any atom is -0.342 e. The lowest BCUT2D eigenvalue weighted by Crippen LogP contribution is -2.47. The Morgan fingerprint density at radius 2 is 1.85 bits per heavy atom. The van der Waals surface area contributed by atoms with Gasteiger partial charge in [-0.15, -0.1) is 0 Å². The zero-order chi connectivity index (χ0) is 27.1. The van der Waals surface area contributed by atoms with Crippen molar-refractivity contribution in [2.45, 2.75) is 56.3 Å². The first-order valence-electron chi connectivity index (χ1n) is 13.2. The Morgan fingerprint density at radius 3 is 2.59 bits per heavy atom. The molecule has 0 spiro atoms. The van der Waals surface area contributed by atoms with Gasteiger partial charge in [0.2, 0.25) is 17.8 Å². The van der Waals surface area contributed by atoms with Crippen LogP contribution in [0.3, 0.4) is 0 Å². The van der Waals surface area contributed by atoms with Crippen LogP contribution in [0.5, 0.6) is 0 Å². The second-order valence-electron chi connectivity index (χ2n) is 10.8. The monoisotopic (exact) mass is 529 g/mol. The Kier molecular flexibility index (Phi) is 6.37. The van der Waals surface area contributed by atoms with Crippen molar-refractivity contribution in [2.24, 2.45) is 0 Å². The SMILES string of the molecule is CC1(c2ccc(C(NC(=O)C3CC(F)CN3C(=O)Cc3[nH]nc4ccccc34)c3ccccc3)nc2F)CC1. The number of fused-ring (bicyclic) bond motifs is 1. The highest BCUT2D eigenvalue weighted by Crippen LogP contribution is 2.48. The molecule has 1 saturated heterocycles. The molecular weight excluding hydrogens is 500 g/mol. The molecule has 2 fully saturated rings. The summed E-state index contributed by atoms with van der Waals surface area (Å²) in [6.07, 6.45) is 0.350. The number of hydrogen-bond acceptors (Lipinski definition) is 4. The van der Waals surface area contributed by atoms with Gasteiger partial charge in [-0.1, -0.05) is 61.5 Å². The van der Waals surface area contributed by atoms with E-state index in [-0.39, 0.29) is 30.7 Å². The third kappa shape index (κ3) is 4.89. The van der Waals surface area contributed by atoms with Crippen molar-refractivity contribution in [2.75, 3.05) is 6.54 Å². The molecule has 7 nitrogen and oxygen atoms in total. The van der Waals surface area contributed by atoms with Crippen LogP contribution in [0.2, 0.25) is 0 Å². The number of carbonyl (C=O) groups is 2. The van der Waals surface area contributed by atoms with E-state index in [1.54, 1.807) is 12.1 Å². The Morgan fingerprint density at radius 1 is 1.10 bits per heavy atom. The topological polar surface area (TPSA) is 91.0 Å². The van der Waals surface area contributed by atoms with Crippen LogP contribution < -0.4 is 5.32 Å². The molecule has 2 N–H and O–H groups in total. The predicted molar refractivity (Wildman–Crippen MR) is 142 cm³/mol. The third-order valence-electron chi connectivity index (χ3n) is 7.98. The molecule has 1 saturated carbocycles. The molecule has 39 heavy (non-hydrogen) atoms. The summed E-state index contributed by atoms with van der Waals surface area (Å²) in [5, 5.41) is 10.9. The number of alkyl halides is 1. The molecule has 9 heteroatoms. The number of para-hydroxylation sites is 1. The van der Waals surface area contributed by atoms with Crippen LogP contribution in [-0.4, -0.2) is 50.7 Å². The van der Waals surface area contributed by atoms with Gasteiger partial charge in [0, 0.05) is 17.4 Å². The van der Waals surface area contributed by atoms with Crippen LogP contribution >= 0.6 is 0 Å². The van der Waals surface area contributed by atoms with Gasteiger partial charge in [0.15, 0.2) is 0 Å². The number of carbonyl (C=O) groups excluding carboxylic acids is 2. The molecule has 0 radical (unpaired) electrons. The number of H-pyrrole nitrogens is 1. The smallest absolute Gasteiger partial charge is 0.243 e. The van der Waals surface area contributed by atoms with Crippen molar-refractivity contribution >= 4 is 22.7 Å². The third-order valence-corrected chi connectivity index (χ3v) is 7.98. The van der Waals surface area contributed by atoms with Crippen molar-refractivity contribution in [3.05, 3.63) is 95.2 Å². The van der Waals surface area contributed by atoms with E-state index < -0.39 is 30.1 Å². The molecular formula is C30H29F2N5O2. The fourth-order valence-corrected chi connectivity index (χ4v) is 5.44. The molecule has 2 amide bonds. The minimum atomic E-state index is -1.33. The van der Waals surface area contributed by atoms with Gasteiger partial charge in [0.1, 0.15) is 12.2 Å². The fourth-order valence-electron chi connectivity index (χ4n) is 5.44. The van der Waals surface area contributed by atoms with Crippen LogP contribution in [0, 0.1) is 5.95 Å². The number of aromatic nitrogens is 3. The molecule has 4 aromatic rings. The van der Waals surface area contributed by atoms with Crippen LogP contribution in [0.1, 0.15) is 54.7 Å². The van der Waals surface area contributed by atoms with Crippen molar-refractivity contribution < 1.29 is 18.4 Å². The first-order valence-corrected chi connectivity index (χ1v) is 13.2. The summed E-state index contributed by atoms with van der Waals surface area (Å²) in [6.45, 7) is 1.84. The number of benzene rings is 2. The Bertz CT molecular complexity index is 1530. The average molecular weight is 530 g/mol. The second kappa shape index (κ2) is 9.87. The van der Waals surface area contributed by atoms with Gasteiger partial charge in [-0.2, -0.15) is 9.49 Å². The van der Waals surface area contributed by atoms with E-state index in [2.05, 4.69) is 20.5 Å². The highest BCUT2D eigenvalue weighted by Gasteiger charge is 2.43. The number of likely N-dealkylation sites (tertiary alicyclic amines) is 1. The van der Waals surface area contributed by atoms with Crippen LogP contribution in [0.15, 0.2) is 66.7 Å². The molecule has 2 aliphatic rings. The van der Waals surface area contributed by atoms with Gasteiger partial charge in [0.05, 0.1) is 35.9 Å². The van der Waals surface area contributed by atoms with E-state index in [0.29, 0.717) is 22.5 Å². The van der Waals surface area contributed by atoms with E-state index >= 15 is 4.39 Å². The minimum absolute atomic E-state index is 0.0356. The maximum absolute atomic E-state index is 15.1. The highest BCUT2D eigenvalue weighted by atomic mass is 19.1. The number of nitrogens with zero attached hydrogens (tertiary/aromatic N) is 3. The number of aromatic amines is 1. The quantitative estimate of drug-likeness (QED) is 0.344. The number of nitrogens with one attached hydrogen (secondary N) is 2. The van der Waals surface area contributed by atoms with Crippen molar-refractivity contribution in [1.29, 1.82) is 0 Å². The molecule has 0 bridgehead atoms. The van der Waals surface area contributed by atoms with Gasteiger partial charge < -0.3 is 10.2 Å². The summed E-state index contributed by atoms with van der Waals surface area (Å²) in [7, 11) is 0. The standard InChI is InChI=1S/C30H29F2N5O2/c1-30(13-14-30)21-11-12-23(33-28(21)32)27(18-7-3-2-4-8-18)34-29(39)25-15-19(31)17-37(25)26(38)16-24-20-9-5-6-10-22(20)35-36-24/h2-12,19,25,27H,13-17H2,1H3,(H,34,39)(H,35,36). The molecule has 2 aromatic heterocycles. The van der Waals surface area contributed by atoms with E-state index in [9.17, 15) is 14.0 Å². The lowest BCUT2D eigenvalue weighted by atomic mass is 9.97. The molecule has 3 heterocycles. The number of amides is 2. The second-order valence-corrected chi connectivity index (χ2v) is 10.8. The van der Waals surface area contributed by atoms with Crippen molar-refractivity contribution in [3.8, 4) is 0 Å². The van der Waals surface area contributed by atoms with Gasteiger partial charge in [-0.3, -0.25) is 14.7 Å². The lowest BCUT2D eigenvalue weighted by Gasteiger charge is -2.27. The number of hydrogen-bond donors (Lipinski definition) is 2. The normalized spacial score (nSPS) is 20.6. The summed E-state index contributed by atoms with van der Waals surface area (Å²) >= 11 is 0. The van der Waals surface area contributed by atoms with Crippen molar-refractivity contribution in [3.63, 3.8) is 0 Å². The Hall–Kier alpha value is -4.14. The van der Waals surface area contributed by atoms with Crippen LogP contribution in [0.25, 0.3) is 10.9 Å². The van der Waals surface area contributed by atoms with Gasteiger partial charge in [-0.05, 0) is 36.0 Å². The van der Waals surface area contributed by atoms with Crippen LogP contribution in [-0.2, 0) is 21.4 Å². The summed E-state index contributed by atoms with van der Waals surface area (Å²) in [6, 6.07) is 18.2. The van der Waals surface area contributed by atoms with Gasteiger partial charge >= 0.3 is 0 Å². The molecule has 3 unspecified atom stereocenters. The highest BCUT2D eigenvalue weighted by molar-refractivity contribution is 5.91. The first kappa shape index (κ1) is 25.2. The fraction of sp³-hybridized carbons (Fsp3) is 0.333. The van der Waals surface area contributed by atoms with Crippen LogP contribution in [0.4, 0.5) is 8.78 Å². The van der Waals surface area contributed by atoms with Gasteiger partial charge in [-0.25, -0.2) is 9.37 Å². The van der Waals surface area contributed by atoms with E-state index in [1.165, 1.54) is 4.90 Å². The van der Waals surface area contributed by atoms with Crippen molar-refractivity contribution in [1.82, 2.24) is 25.4 Å². The predicted octanol–water partition coefficient (Wildman–Crippen LogP) is 4.54. The molecule has 1 aliphatic heterocycles. The first-order chi connectivity index (χ1) is 18.8. The van der Waals surface area contributed by atoms with E-state index in [0.717, 1.165) is 23.7 Å². The molecule has 3 atom stereocenters. The zero-order valence-electron chi connectivity index (χ0n) is 21.5. The lowest BCUT2D eigenvalue weighted by molar-refractivity contribution is -0.138. The maximum atomic E-state index is 15.1. The maximum Gasteiger partial charge on any atom is 0.243 e. The average Bonchev–Trinajstić information content (AvgIpc) is 3.36. The summed E-state index contributed by atoms with van der Waals surface area (Å²) in [5.74, 6) is -1.42. The molecule has 200 valence electrons. The Balaban J connectivity index is 1.25. The summed E-state index contributed by atoms with van der Waals surface area (Å²) in [5.41, 5.74) is 2.77. The van der Waals surface area contributed by atoms with E-state index in [4.69, 9.17) is 0 Å². The molecule has 1 aliphatic carbocycles. The summed E-state index contributed by atoms with van der Waals surface area (Å²) in [4.78, 5) is 32.4. The number of rotatable bonds is 7. The molecule has 6 rings (SSSR count). The Labute approximate surface area is 224 Å². The molecule has 2 aromatic carbocycles. The number of halogens is 2. The zero-order valence-corrected chi connectivity index (χ0v) is 21.5. The largest absolute Gasteiger partial charge is 0.342 e. The number of pyridine rings is 1. The van der Waals surface area contributed by atoms with E-state index in [1.807, 2.05) is 61.5 Å². The summed E-state index contributed by atoms with van der Waals surface area (Å²) < 4.78 is 29.7. The van der Waals surface area contributed by atoms with Gasteiger partial charge in [0.25, 0.3) is 0 Å².